The molecule has 3 unspecified atom stereocenters. The predicted octanol–water partition coefficient (Wildman–Crippen LogP) is 5.82. The summed E-state index contributed by atoms with van der Waals surface area (Å²) in [5.74, 6) is -2.36. The minimum atomic E-state index is -4.44. The number of anilines is 1. The van der Waals surface area contributed by atoms with Crippen molar-refractivity contribution in [2.24, 2.45) is 34.8 Å². The van der Waals surface area contributed by atoms with Gasteiger partial charge in [0.1, 0.15) is 6.17 Å². The summed E-state index contributed by atoms with van der Waals surface area (Å²) < 4.78 is 44.4. The van der Waals surface area contributed by atoms with Crippen LogP contribution >= 0.6 is 0 Å². The molecule has 0 bridgehead atoms. The van der Waals surface area contributed by atoms with E-state index in [4.69, 9.17) is 5.73 Å². The van der Waals surface area contributed by atoms with Gasteiger partial charge in [-0.3, -0.25) is 14.9 Å². The summed E-state index contributed by atoms with van der Waals surface area (Å²) in [5, 5.41) is 17.8. The number of fused-ring (bicyclic) bond motifs is 1. The zero-order chi connectivity index (χ0) is 31.9. The van der Waals surface area contributed by atoms with Crippen molar-refractivity contribution in [1.29, 1.82) is 0 Å². The molecule has 3 atom stereocenters. The Morgan fingerprint density at radius 1 is 0.956 bits per heavy atom. The van der Waals surface area contributed by atoms with E-state index in [9.17, 15) is 18.0 Å². The van der Waals surface area contributed by atoms with Crippen molar-refractivity contribution in [2.45, 2.75) is 19.3 Å². The molecule has 1 fully saturated rings. The summed E-state index contributed by atoms with van der Waals surface area (Å²) in [6.45, 7) is 4.84. The van der Waals surface area contributed by atoms with E-state index in [0.29, 0.717) is 5.57 Å². The molecule has 3 heterocycles. The number of carbonyl (C=O) groups is 1. The Balaban J connectivity index is 1.12. The topological polar surface area (TPSA) is 116 Å². The zero-order valence-electron chi connectivity index (χ0n) is 25.3. The van der Waals surface area contributed by atoms with E-state index in [1.54, 1.807) is 23.9 Å². The molecule has 1 aromatic heterocycles. The van der Waals surface area contributed by atoms with E-state index < -0.39 is 30.2 Å². The first-order valence-electron chi connectivity index (χ1n) is 14.9. The summed E-state index contributed by atoms with van der Waals surface area (Å²) in [6.07, 6.45) is -1.77. The molecular formula is C32H36F3N9O. The number of aryl methyl sites for hydroxylation is 1. The fourth-order valence-electron chi connectivity index (χ4n) is 6.17. The lowest BCUT2D eigenvalue weighted by Crippen LogP contribution is -2.47. The maximum absolute atomic E-state index is 14.3. The summed E-state index contributed by atoms with van der Waals surface area (Å²) >= 11 is 0. The van der Waals surface area contributed by atoms with Crippen molar-refractivity contribution in [2.75, 3.05) is 45.1 Å². The third-order valence-corrected chi connectivity index (χ3v) is 8.75. The highest BCUT2D eigenvalue weighted by atomic mass is 19.4. The maximum atomic E-state index is 14.3. The molecule has 0 saturated carbocycles. The number of carbonyl (C=O) groups excluding carboxylic acids is 1. The Morgan fingerprint density at radius 2 is 1.64 bits per heavy atom. The van der Waals surface area contributed by atoms with Gasteiger partial charge in [-0.05, 0) is 41.5 Å². The number of rotatable bonds is 6. The maximum Gasteiger partial charge on any atom is 0.396 e. The van der Waals surface area contributed by atoms with E-state index in [2.05, 4.69) is 35.8 Å². The smallest absolute Gasteiger partial charge is 0.311 e. The second-order valence-corrected chi connectivity index (χ2v) is 11.9. The van der Waals surface area contributed by atoms with Crippen molar-refractivity contribution in [3.05, 3.63) is 77.5 Å². The number of nitrogens with zero attached hydrogens (tertiary/aromatic N) is 6. The van der Waals surface area contributed by atoms with Gasteiger partial charge in [0, 0.05) is 63.0 Å². The number of allylic oxidation sites excluding steroid dienone is 3. The summed E-state index contributed by atoms with van der Waals surface area (Å²) in [7, 11) is 3.77. The average Bonchev–Trinajstić information content (AvgIpc) is 3.56. The van der Waals surface area contributed by atoms with E-state index in [0.717, 1.165) is 59.8 Å². The summed E-state index contributed by atoms with van der Waals surface area (Å²) in [6, 6.07) is 14.8. The van der Waals surface area contributed by atoms with Crippen LogP contribution in [0.15, 0.2) is 82.2 Å². The van der Waals surface area contributed by atoms with E-state index >= 15 is 0 Å². The number of urea groups is 1. The number of aromatic nitrogens is 2. The lowest BCUT2D eigenvalue weighted by atomic mass is 9.80. The van der Waals surface area contributed by atoms with E-state index in [1.165, 1.54) is 13.0 Å². The molecule has 0 spiro atoms. The molecule has 2 amide bonds. The molecule has 2 aromatic carbocycles. The number of azo groups is 1. The van der Waals surface area contributed by atoms with Crippen molar-refractivity contribution in [1.82, 2.24) is 24.9 Å². The quantitative estimate of drug-likeness (QED) is 0.322. The highest BCUT2D eigenvalue weighted by Gasteiger charge is 2.47. The van der Waals surface area contributed by atoms with Crippen molar-refractivity contribution < 1.29 is 18.0 Å². The molecule has 3 aliphatic rings. The molecule has 1 aliphatic carbocycles. The summed E-state index contributed by atoms with van der Waals surface area (Å²) in [4.78, 5) is 17.1. The standard InChI is InChI=1S/C32H36F3N9O/c1-19-25(11-9-23(29(19)32(33,34)35)18-44-14-12-42(2)13-15-44)37-31(45)38-28-17-27(43(3)41-28)21-6-4-20(5-7-21)22-8-10-24-26(16-22)39-40-30(24)36/h4-11,16-17,19,29-30H,12-15,18,36H2,1-3H3,(H2,37,38,41,45). The van der Waals surface area contributed by atoms with Crippen LogP contribution in [-0.2, 0) is 7.05 Å². The van der Waals surface area contributed by atoms with Crippen LogP contribution in [-0.4, -0.2) is 71.6 Å². The molecule has 6 rings (SSSR count). The van der Waals surface area contributed by atoms with Crippen molar-refractivity contribution in [3.8, 4) is 22.4 Å². The average molecular weight is 620 g/mol. The minimum absolute atomic E-state index is 0.207. The van der Waals surface area contributed by atoms with Gasteiger partial charge >= 0.3 is 12.2 Å². The number of benzene rings is 2. The van der Waals surface area contributed by atoms with Gasteiger partial charge in [0.05, 0.1) is 17.3 Å². The monoisotopic (exact) mass is 619 g/mol. The highest BCUT2D eigenvalue weighted by Crippen LogP contribution is 2.42. The molecule has 4 N–H and O–H groups in total. The lowest BCUT2D eigenvalue weighted by Gasteiger charge is -2.38. The molecule has 0 radical (unpaired) electrons. The molecular weight excluding hydrogens is 583 g/mol. The van der Waals surface area contributed by atoms with Crippen LogP contribution in [0.5, 0.6) is 0 Å². The van der Waals surface area contributed by atoms with Crippen molar-refractivity contribution >= 4 is 17.5 Å². The largest absolute Gasteiger partial charge is 0.396 e. The Hall–Kier alpha value is -4.33. The van der Waals surface area contributed by atoms with Crippen LogP contribution in [0.1, 0.15) is 18.7 Å². The van der Waals surface area contributed by atoms with Crippen LogP contribution in [0.2, 0.25) is 0 Å². The molecule has 236 valence electrons. The van der Waals surface area contributed by atoms with Crippen LogP contribution < -0.4 is 16.4 Å². The molecule has 2 aliphatic heterocycles. The van der Waals surface area contributed by atoms with Crippen LogP contribution in [0.25, 0.3) is 22.4 Å². The zero-order valence-corrected chi connectivity index (χ0v) is 25.3. The second kappa shape index (κ2) is 12.2. The fraction of sp³-hybridized carbons (Fsp3) is 0.375. The summed E-state index contributed by atoms with van der Waals surface area (Å²) in [5.41, 5.74) is 11.7. The second-order valence-electron chi connectivity index (χ2n) is 11.9. The molecule has 3 aromatic rings. The van der Waals surface area contributed by atoms with Gasteiger partial charge in [0.25, 0.3) is 0 Å². The number of halogens is 3. The third-order valence-electron chi connectivity index (χ3n) is 8.75. The highest BCUT2D eigenvalue weighted by molar-refractivity contribution is 5.90. The predicted molar refractivity (Wildman–Crippen MR) is 166 cm³/mol. The first-order valence-corrected chi connectivity index (χ1v) is 14.9. The number of piperazine rings is 1. The lowest BCUT2D eigenvalue weighted by molar-refractivity contribution is -0.174. The number of hydrogen-bond acceptors (Lipinski definition) is 7. The van der Waals surface area contributed by atoms with Gasteiger partial charge in [0.2, 0.25) is 0 Å². The normalized spacial score (nSPS) is 22.2. The Kier molecular flexibility index (Phi) is 8.33. The van der Waals surface area contributed by atoms with Gasteiger partial charge in [-0.2, -0.15) is 28.5 Å². The third kappa shape index (κ3) is 6.56. The first-order chi connectivity index (χ1) is 21.5. The number of likely N-dealkylation sites (N-methyl/N-ethyl adjacent to an activating group) is 1. The minimum Gasteiger partial charge on any atom is -0.311 e. The molecule has 45 heavy (non-hydrogen) atoms. The van der Waals surface area contributed by atoms with Gasteiger partial charge in [-0.15, -0.1) is 0 Å². The Labute approximate surface area is 259 Å². The first kappa shape index (κ1) is 30.7. The molecule has 10 nitrogen and oxygen atoms in total. The van der Waals surface area contributed by atoms with Gasteiger partial charge < -0.3 is 16.0 Å². The van der Waals surface area contributed by atoms with E-state index in [1.807, 2.05) is 49.5 Å². The van der Waals surface area contributed by atoms with Gasteiger partial charge in [0.15, 0.2) is 5.82 Å². The van der Waals surface area contributed by atoms with E-state index in [-0.39, 0.29) is 18.1 Å². The Morgan fingerprint density at radius 3 is 2.36 bits per heavy atom. The van der Waals surface area contributed by atoms with Gasteiger partial charge in [-0.1, -0.05) is 49.4 Å². The molecule has 1 saturated heterocycles. The van der Waals surface area contributed by atoms with Crippen molar-refractivity contribution in [3.63, 3.8) is 0 Å². The number of nitrogens with two attached hydrogens (primary N) is 1. The molecule has 13 heteroatoms. The van der Waals surface area contributed by atoms with Crippen LogP contribution in [0, 0.1) is 11.8 Å². The fourth-order valence-corrected chi connectivity index (χ4v) is 6.17. The van der Waals surface area contributed by atoms with Crippen LogP contribution in [0.4, 0.5) is 29.5 Å². The number of amides is 2. The van der Waals surface area contributed by atoms with Gasteiger partial charge in [-0.25, -0.2) is 4.79 Å². The number of hydrogen-bond donors (Lipinski definition) is 3. The SMILES string of the molecule is CC1C(NC(=O)Nc2cc(-c3ccc(-c4ccc5c(c4)N=NC5N)cc3)n(C)n2)=CC=C(CN2CCN(C)CC2)C1C(F)(F)F. The number of nitrogens with one attached hydrogen (secondary N) is 2. The van der Waals surface area contributed by atoms with Crippen LogP contribution in [0.3, 0.4) is 0 Å². The Bertz CT molecular complexity index is 1670. The number of alkyl halides is 3.